The monoisotopic (exact) mass is 329 g/mol. The molecule has 6 heteroatoms. The Hall–Kier alpha value is -1.92. The number of aromatic nitrogens is 2. The Morgan fingerprint density at radius 3 is 2.65 bits per heavy atom. The third-order valence-electron chi connectivity index (χ3n) is 4.27. The van der Waals surface area contributed by atoms with E-state index in [4.69, 9.17) is 0 Å². The Morgan fingerprint density at radius 1 is 1.26 bits per heavy atom. The van der Waals surface area contributed by atoms with E-state index in [0.29, 0.717) is 31.5 Å². The minimum atomic E-state index is -0.900. The Morgan fingerprint density at radius 2 is 2.00 bits per heavy atom. The second-order valence-corrected chi connectivity index (χ2v) is 6.42. The van der Waals surface area contributed by atoms with E-state index < -0.39 is 5.60 Å². The molecular weight excluding hydrogens is 310 g/mol. The molecule has 5 nitrogen and oxygen atoms in total. The van der Waals surface area contributed by atoms with Crippen molar-refractivity contribution in [3.63, 3.8) is 0 Å². The van der Waals surface area contributed by atoms with Gasteiger partial charge in [-0.25, -0.2) is 4.98 Å². The van der Waals surface area contributed by atoms with Crippen LogP contribution in [0.1, 0.15) is 28.8 Å². The van der Waals surface area contributed by atoms with Crippen molar-refractivity contribution >= 4 is 17.7 Å². The molecular formula is C17H19N3O2S. The fourth-order valence-corrected chi connectivity index (χ4v) is 3.43. The summed E-state index contributed by atoms with van der Waals surface area (Å²) in [5.74, 6) is -0.0179. The topological polar surface area (TPSA) is 66.3 Å². The summed E-state index contributed by atoms with van der Waals surface area (Å²) >= 11 is 1.47. The molecule has 1 aliphatic rings. The Bertz CT molecular complexity index is 685. The molecule has 1 amide bonds. The van der Waals surface area contributed by atoms with Gasteiger partial charge >= 0.3 is 0 Å². The first-order valence-electron chi connectivity index (χ1n) is 7.55. The van der Waals surface area contributed by atoms with E-state index in [2.05, 4.69) is 9.97 Å². The van der Waals surface area contributed by atoms with Crippen molar-refractivity contribution in [2.24, 2.45) is 0 Å². The fraction of sp³-hybridized carbons (Fsp3) is 0.353. The highest BCUT2D eigenvalue weighted by molar-refractivity contribution is 7.98. The Labute approximate surface area is 139 Å². The summed E-state index contributed by atoms with van der Waals surface area (Å²) < 4.78 is 0. The number of piperidine rings is 1. The Balaban J connectivity index is 1.73. The molecule has 1 fully saturated rings. The van der Waals surface area contributed by atoms with Gasteiger partial charge in [0.1, 0.15) is 5.03 Å². The maximum absolute atomic E-state index is 12.7. The van der Waals surface area contributed by atoms with E-state index in [0.717, 1.165) is 10.6 Å². The van der Waals surface area contributed by atoms with Gasteiger partial charge in [-0.15, -0.1) is 11.8 Å². The molecule has 120 valence electrons. The lowest BCUT2D eigenvalue weighted by molar-refractivity contribution is -0.0214. The lowest BCUT2D eigenvalue weighted by Gasteiger charge is -2.38. The van der Waals surface area contributed by atoms with E-state index in [9.17, 15) is 9.90 Å². The second-order valence-electron chi connectivity index (χ2n) is 5.63. The standard InChI is InChI=1S/C17H19N3O2S/c1-23-15-14(5-3-9-19-15)16(21)20-10-6-17(22,7-11-20)13-4-2-8-18-12-13/h2-5,8-9,12,22H,6-7,10-11H2,1H3. The zero-order chi connectivity index (χ0) is 16.3. The van der Waals surface area contributed by atoms with Gasteiger partial charge in [0, 0.05) is 37.2 Å². The lowest BCUT2D eigenvalue weighted by atomic mass is 9.85. The van der Waals surface area contributed by atoms with E-state index in [-0.39, 0.29) is 5.91 Å². The van der Waals surface area contributed by atoms with Crippen molar-refractivity contribution in [1.29, 1.82) is 0 Å². The molecule has 0 atom stereocenters. The minimum Gasteiger partial charge on any atom is -0.385 e. The van der Waals surface area contributed by atoms with Gasteiger partial charge in [0.2, 0.25) is 0 Å². The highest BCUT2D eigenvalue weighted by Crippen LogP contribution is 2.33. The molecule has 0 radical (unpaired) electrons. The molecule has 2 aromatic rings. The lowest BCUT2D eigenvalue weighted by Crippen LogP contribution is -2.45. The molecule has 0 bridgehead atoms. The van der Waals surface area contributed by atoms with Crippen LogP contribution in [0.25, 0.3) is 0 Å². The number of thioether (sulfide) groups is 1. The van der Waals surface area contributed by atoms with Gasteiger partial charge < -0.3 is 10.0 Å². The minimum absolute atomic E-state index is 0.0179. The van der Waals surface area contributed by atoms with Crippen LogP contribution in [0.15, 0.2) is 47.9 Å². The van der Waals surface area contributed by atoms with E-state index in [1.807, 2.05) is 24.5 Å². The summed E-state index contributed by atoms with van der Waals surface area (Å²) in [5, 5.41) is 11.6. The van der Waals surface area contributed by atoms with Crippen molar-refractivity contribution in [3.8, 4) is 0 Å². The van der Waals surface area contributed by atoms with Crippen LogP contribution in [-0.2, 0) is 5.60 Å². The number of hydrogen-bond donors (Lipinski definition) is 1. The number of likely N-dealkylation sites (tertiary alicyclic amines) is 1. The third-order valence-corrected chi connectivity index (χ3v) is 4.98. The zero-order valence-corrected chi connectivity index (χ0v) is 13.8. The highest BCUT2D eigenvalue weighted by atomic mass is 32.2. The molecule has 1 saturated heterocycles. The number of aliphatic hydroxyl groups is 1. The van der Waals surface area contributed by atoms with Crippen molar-refractivity contribution in [2.75, 3.05) is 19.3 Å². The van der Waals surface area contributed by atoms with Gasteiger partial charge in [-0.3, -0.25) is 9.78 Å². The molecule has 0 aromatic carbocycles. The summed E-state index contributed by atoms with van der Waals surface area (Å²) in [6, 6.07) is 7.30. The van der Waals surface area contributed by atoms with Crippen LogP contribution >= 0.6 is 11.8 Å². The molecule has 1 N–H and O–H groups in total. The first-order chi connectivity index (χ1) is 11.1. The number of amides is 1. The van der Waals surface area contributed by atoms with Gasteiger partial charge in [-0.05, 0) is 37.3 Å². The van der Waals surface area contributed by atoms with E-state index in [1.165, 1.54) is 11.8 Å². The SMILES string of the molecule is CSc1ncccc1C(=O)N1CCC(O)(c2cccnc2)CC1. The number of rotatable bonds is 3. The maximum Gasteiger partial charge on any atom is 0.256 e. The second kappa shape index (κ2) is 6.68. The van der Waals surface area contributed by atoms with Gasteiger partial charge in [0.05, 0.1) is 11.2 Å². The molecule has 3 heterocycles. The predicted molar refractivity (Wildman–Crippen MR) is 89.3 cm³/mol. The third kappa shape index (κ3) is 3.23. The van der Waals surface area contributed by atoms with Crippen molar-refractivity contribution in [1.82, 2.24) is 14.9 Å². The predicted octanol–water partition coefficient (Wildman–Crippen LogP) is 2.32. The zero-order valence-electron chi connectivity index (χ0n) is 13.0. The molecule has 0 spiro atoms. The molecule has 0 unspecified atom stereocenters. The molecule has 3 rings (SSSR count). The summed E-state index contributed by atoms with van der Waals surface area (Å²) in [5.41, 5.74) is 0.549. The van der Waals surface area contributed by atoms with Crippen LogP contribution in [-0.4, -0.2) is 45.2 Å². The van der Waals surface area contributed by atoms with Gasteiger partial charge in [0.15, 0.2) is 0 Å². The summed E-state index contributed by atoms with van der Waals surface area (Å²) in [4.78, 5) is 22.8. The average Bonchev–Trinajstić information content (AvgIpc) is 2.62. The van der Waals surface area contributed by atoms with Crippen LogP contribution < -0.4 is 0 Å². The smallest absolute Gasteiger partial charge is 0.256 e. The van der Waals surface area contributed by atoms with E-state index in [1.54, 1.807) is 29.6 Å². The van der Waals surface area contributed by atoms with Gasteiger partial charge in [0.25, 0.3) is 5.91 Å². The largest absolute Gasteiger partial charge is 0.385 e. The summed E-state index contributed by atoms with van der Waals surface area (Å²) in [6.07, 6.45) is 8.03. The Kier molecular flexibility index (Phi) is 4.63. The van der Waals surface area contributed by atoms with E-state index >= 15 is 0 Å². The average molecular weight is 329 g/mol. The molecule has 1 aliphatic heterocycles. The van der Waals surface area contributed by atoms with Crippen molar-refractivity contribution in [3.05, 3.63) is 54.0 Å². The van der Waals surface area contributed by atoms with Crippen LogP contribution in [0.5, 0.6) is 0 Å². The number of nitrogens with zero attached hydrogens (tertiary/aromatic N) is 3. The first-order valence-corrected chi connectivity index (χ1v) is 8.78. The number of pyridine rings is 2. The highest BCUT2D eigenvalue weighted by Gasteiger charge is 2.36. The quantitative estimate of drug-likeness (QED) is 0.876. The van der Waals surface area contributed by atoms with Crippen LogP contribution in [0.3, 0.4) is 0 Å². The maximum atomic E-state index is 12.7. The number of carbonyl (C=O) groups excluding carboxylic acids is 1. The van der Waals surface area contributed by atoms with Crippen molar-refractivity contribution < 1.29 is 9.90 Å². The molecule has 23 heavy (non-hydrogen) atoms. The fourth-order valence-electron chi connectivity index (χ4n) is 2.89. The molecule has 0 saturated carbocycles. The van der Waals surface area contributed by atoms with Crippen LogP contribution in [0, 0.1) is 0 Å². The normalized spacial score (nSPS) is 17.0. The van der Waals surface area contributed by atoms with Gasteiger partial charge in [-0.1, -0.05) is 6.07 Å². The summed E-state index contributed by atoms with van der Waals surface area (Å²) in [7, 11) is 0. The number of carbonyl (C=O) groups is 1. The number of hydrogen-bond acceptors (Lipinski definition) is 5. The van der Waals surface area contributed by atoms with Crippen LogP contribution in [0.2, 0.25) is 0 Å². The summed E-state index contributed by atoms with van der Waals surface area (Å²) in [6.45, 7) is 1.04. The van der Waals surface area contributed by atoms with Gasteiger partial charge in [-0.2, -0.15) is 0 Å². The van der Waals surface area contributed by atoms with Crippen molar-refractivity contribution in [2.45, 2.75) is 23.5 Å². The molecule has 2 aromatic heterocycles. The first kappa shape index (κ1) is 16.0. The molecule has 0 aliphatic carbocycles. The van der Waals surface area contributed by atoms with Crippen LogP contribution in [0.4, 0.5) is 0 Å².